The lowest BCUT2D eigenvalue weighted by Gasteiger charge is -2.15. The molecule has 3 aromatic rings. The van der Waals surface area contributed by atoms with Gasteiger partial charge in [0.05, 0.1) is 36.4 Å². The molecule has 1 heterocycles. The van der Waals surface area contributed by atoms with Crippen LogP contribution in [0.2, 0.25) is 5.02 Å². The van der Waals surface area contributed by atoms with Crippen molar-refractivity contribution in [2.75, 3.05) is 37.6 Å². The van der Waals surface area contributed by atoms with Gasteiger partial charge < -0.3 is 24.8 Å². The number of hydrogen-bond acceptors (Lipinski definition) is 8. The maximum atomic E-state index is 13.5. The van der Waals surface area contributed by atoms with E-state index in [0.717, 1.165) is 0 Å². The summed E-state index contributed by atoms with van der Waals surface area (Å²) in [6, 6.07) is 7.53. The van der Waals surface area contributed by atoms with Crippen molar-refractivity contribution in [3.63, 3.8) is 0 Å². The van der Waals surface area contributed by atoms with Gasteiger partial charge in [-0.15, -0.1) is 0 Å². The number of anilines is 3. The Kier molecular flexibility index (Phi) is 8.94. The van der Waals surface area contributed by atoms with Crippen molar-refractivity contribution in [3.05, 3.63) is 47.5 Å². The van der Waals surface area contributed by atoms with E-state index in [4.69, 9.17) is 21.1 Å². The molecule has 0 unspecified atom stereocenters. The standard InChI is InChI=1S/C23H24ClFN4O5/c1-3-33-8-9-34-20-12-18-15(11-19(20)29-21(30)6-7-22(31)32-2)23(27-13-26-18)28-14-4-5-17(25)16(24)10-14/h4-5,10-13H,3,6-9H2,1-2H3,(H,29,30)(H,26,27,28). The van der Waals surface area contributed by atoms with Crippen LogP contribution in [0.25, 0.3) is 10.9 Å². The van der Waals surface area contributed by atoms with Crippen molar-refractivity contribution < 1.29 is 28.2 Å². The zero-order chi connectivity index (χ0) is 24.5. The second kappa shape index (κ2) is 12.1. The second-order valence-corrected chi connectivity index (χ2v) is 7.42. The van der Waals surface area contributed by atoms with Crippen LogP contribution in [0.5, 0.6) is 5.75 Å². The van der Waals surface area contributed by atoms with Gasteiger partial charge in [0.15, 0.2) is 0 Å². The quantitative estimate of drug-likeness (QED) is 0.299. The van der Waals surface area contributed by atoms with Gasteiger partial charge in [-0.3, -0.25) is 9.59 Å². The molecule has 0 fully saturated rings. The highest BCUT2D eigenvalue weighted by Crippen LogP contribution is 2.34. The lowest BCUT2D eigenvalue weighted by Crippen LogP contribution is -2.15. The Labute approximate surface area is 200 Å². The SMILES string of the molecule is CCOCCOc1cc2ncnc(Nc3ccc(F)c(Cl)c3)c2cc1NC(=O)CCC(=O)OC. The van der Waals surface area contributed by atoms with Gasteiger partial charge in [0, 0.05) is 30.2 Å². The van der Waals surface area contributed by atoms with Crippen LogP contribution in [0, 0.1) is 5.82 Å². The Morgan fingerprint density at radius 1 is 1.12 bits per heavy atom. The van der Waals surface area contributed by atoms with Gasteiger partial charge in [0.2, 0.25) is 5.91 Å². The third-order valence-electron chi connectivity index (χ3n) is 4.67. The maximum absolute atomic E-state index is 13.5. The van der Waals surface area contributed by atoms with Gasteiger partial charge in [-0.05, 0) is 31.2 Å². The maximum Gasteiger partial charge on any atom is 0.306 e. The summed E-state index contributed by atoms with van der Waals surface area (Å²) in [5.74, 6) is -0.618. The third kappa shape index (κ3) is 6.75. The van der Waals surface area contributed by atoms with Crippen molar-refractivity contribution >= 4 is 51.6 Å². The molecule has 2 N–H and O–H groups in total. The largest absolute Gasteiger partial charge is 0.489 e. The smallest absolute Gasteiger partial charge is 0.306 e. The van der Waals surface area contributed by atoms with Gasteiger partial charge in [0.1, 0.15) is 30.3 Å². The van der Waals surface area contributed by atoms with Gasteiger partial charge >= 0.3 is 5.97 Å². The van der Waals surface area contributed by atoms with Crippen LogP contribution in [0.15, 0.2) is 36.7 Å². The second-order valence-electron chi connectivity index (χ2n) is 7.01. The molecule has 1 aromatic heterocycles. The lowest BCUT2D eigenvalue weighted by molar-refractivity contribution is -0.141. The minimum absolute atomic E-state index is 0.0353. The van der Waals surface area contributed by atoms with E-state index in [0.29, 0.717) is 47.1 Å². The number of amides is 1. The average molecular weight is 491 g/mol. The number of ether oxygens (including phenoxy) is 3. The van der Waals surface area contributed by atoms with E-state index in [1.54, 1.807) is 12.1 Å². The first-order valence-corrected chi connectivity index (χ1v) is 10.9. The number of nitrogens with zero attached hydrogens (tertiary/aromatic N) is 2. The predicted molar refractivity (Wildman–Crippen MR) is 126 cm³/mol. The first-order valence-electron chi connectivity index (χ1n) is 10.5. The monoisotopic (exact) mass is 490 g/mol. The number of halogens is 2. The summed E-state index contributed by atoms with van der Waals surface area (Å²) in [5.41, 5.74) is 1.44. The van der Waals surface area contributed by atoms with Crippen LogP contribution < -0.4 is 15.4 Å². The minimum Gasteiger partial charge on any atom is -0.489 e. The summed E-state index contributed by atoms with van der Waals surface area (Å²) in [6.45, 7) is 3.05. The summed E-state index contributed by atoms with van der Waals surface area (Å²) in [6.07, 6.45) is 1.25. The van der Waals surface area contributed by atoms with Crippen molar-refractivity contribution in [2.24, 2.45) is 0 Å². The number of esters is 1. The highest BCUT2D eigenvalue weighted by Gasteiger charge is 2.15. The fraction of sp³-hybridized carbons (Fsp3) is 0.304. The van der Waals surface area contributed by atoms with Gasteiger partial charge in [-0.1, -0.05) is 11.6 Å². The van der Waals surface area contributed by atoms with Crippen molar-refractivity contribution in [1.29, 1.82) is 0 Å². The number of fused-ring (bicyclic) bond motifs is 1. The van der Waals surface area contributed by atoms with Crippen LogP contribution in [0.3, 0.4) is 0 Å². The van der Waals surface area contributed by atoms with E-state index in [1.165, 1.54) is 31.6 Å². The van der Waals surface area contributed by atoms with Gasteiger partial charge in [0.25, 0.3) is 0 Å². The highest BCUT2D eigenvalue weighted by molar-refractivity contribution is 6.31. The molecule has 180 valence electrons. The molecule has 3 rings (SSSR count). The Bertz CT molecular complexity index is 1180. The van der Waals surface area contributed by atoms with Crippen LogP contribution in [-0.4, -0.2) is 48.8 Å². The molecule has 9 nitrogen and oxygen atoms in total. The van der Waals surface area contributed by atoms with Gasteiger partial charge in [-0.25, -0.2) is 14.4 Å². The highest BCUT2D eigenvalue weighted by atomic mass is 35.5. The number of methoxy groups -OCH3 is 1. The minimum atomic E-state index is -0.537. The van der Waals surface area contributed by atoms with Crippen molar-refractivity contribution in [2.45, 2.75) is 19.8 Å². The van der Waals surface area contributed by atoms with Crippen LogP contribution in [0.1, 0.15) is 19.8 Å². The van der Waals surface area contributed by atoms with Crippen LogP contribution >= 0.6 is 11.6 Å². The molecule has 0 radical (unpaired) electrons. The normalized spacial score (nSPS) is 10.7. The summed E-state index contributed by atoms with van der Waals surface area (Å²) in [7, 11) is 1.26. The molecular weight excluding hydrogens is 467 g/mol. The molecule has 0 aliphatic heterocycles. The first-order chi connectivity index (χ1) is 16.4. The molecule has 0 bridgehead atoms. The van der Waals surface area contributed by atoms with E-state index < -0.39 is 17.7 Å². The van der Waals surface area contributed by atoms with E-state index in [1.807, 2.05) is 6.92 Å². The number of aromatic nitrogens is 2. The molecule has 0 saturated carbocycles. The average Bonchev–Trinajstić information content (AvgIpc) is 2.83. The molecule has 0 aliphatic rings. The zero-order valence-electron chi connectivity index (χ0n) is 18.7. The fourth-order valence-corrected chi connectivity index (χ4v) is 3.18. The molecule has 1 amide bonds. The van der Waals surface area contributed by atoms with Crippen LogP contribution in [0.4, 0.5) is 21.6 Å². The predicted octanol–water partition coefficient (Wildman–Crippen LogP) is 4.47. The Balaban J connectivity index is 1.92. The number of carbonyl (C=O) groups excluding carboxylic acids is 2. The Morgan fingerprint density at radius 3 is 2.68 bits per heavy atom. The Morgan fingerprint density at radius 2 is 1.94 bits per heavy atom. The summed E-state index contributed by atoms with van der Waals surface area (Å²) < 4.78 is 29.2. The summed E-state index contributed by atoms with van der Waals surface area (Å²) in [5, 5.41) is 6.39. The molecule has 0 saturated heterocycles. The number of benzene rings is 2. The van der Waals surface area contributed by atoms with Gasteiger partial charge in [-0.2, -0.15) is 0 Å². The number of carbonyl (C=O) groups is 2. The third-order valence-corrected chi connectivity index (χ3v) is 4.96. The van der Waals surface area contributed by atoms with E-state index in [9.17, 15) is 14.0 Å². The van der Waals surface area contributed by atoms with Crippen molar-refractivity contribution in [1.82, 2.24) is 9.97 Å². The molecule has 11 heteroatoms. The number of rotatable bonds is 11. The van der Waals surface area contributed by atoms with E-state index in [2.05, 4.69) is 25.3 Å². The fourth-order valence-electron chi connectivity index (χ4n) is 3.00. The lowest BCUT2D eigenvalue weighted by atomic mass is 10.1. The molecule has 0 aliphatic carbocycles. The zero-order valence-corrected chi connectivity index (χ0v) is 19.4. The summed E-state index contributed by atoms with van der Waals surface area (Å²) >= 11 is 5.88. The van der Waals surface area contributed by atoms with E-state index in [-0.39, 0.29) is 24.5 Å². The number of nitrogens with one attached hydrogen (secondary N) is 2. The first kappa shape index (κ1) is 25.1. The molecule has 34 heavy (non-hydrogen) atoms. The molecule has 2 aromatic carbocycles. The van der Waals surface area contributed by atoms with Crippen LogP contribution in [-0.2, 0) is 19.1 Å². The van der Waals surface area contributed by atoms with E-state index >= 15 is 0 Å². The topological polar surface area (TPSA) is 112 Å². The number of hydrogen-bond donors (Lipinski definition) is 2. The molecular formula is C23H24ClFN4O5. The summed E-state index contributed by atoms with van der Waals surface area (Å²) in [4.78, 5) is 32.4. The molecule has 0 spiro atoms. The molecule has 0 atom stereocenters. The Hall–Kier alpha value is -3.50. The van der Waals surface area contributed by atoms with Crippen molar-refractivity contribution in [3.8, 4) is 5.75 Å².